The van der Waals surface area contributed by atoms with Crippen molar-refractivity contribution in [2.24, 2.45) is 5.92 Å². The summed E-state index contributed by atoms with van der Waals surface area (Å²) in [4.78, 5) is 34.4. The largest absolute Gasteiger partial charge is 0.341 e. The van der Waals surface area contributed by atoms with Gasteiger partial charge in [0.2, 0.25) is 0 Å². The van der Waals surface area contributed by atoms with Crippen molar-refractivity contribution in [2.45, 2.75) is 40.2 Å². The average Bonchev–Trinajstić information content (AvgIpc) is 2.84. The van der Waals surface area contributed by atoms with Gasteiger partial charge in [-0.15, -0.1) is 0 Å². The fourth-order valence-corrected chi connectivity index (χ4v) is 2.10. The number of aromatic nitrogens is 5. The Kier molecular flexibility index (Phi) is 4.69. The van der Waals surface area contributed by atoms with Gasteiger partial charge in [0.1, 0.15) is 11.5 Å². The molecule has 118 valence electrons. The molecule has 8 heteroatoms. The molecule has 1 amide bonds. The number of aromatic amines is 2. The van der Waals surface area contributed by atoms with Crippen LogP contribution in [0.15, 0.2) is 10.9 Å². The molecule has 0 spiro atoms. The SMILES string of the molecule is Cc1nc(CC(C)C)cc(C(=O)N[C@@H](C)c2n[nH]c(=O)[nH]2)n1. The molecule has 0 aromatic carbocycles. The second-order valence-corrected chi connectivity index (χ2v) is 5.65. The molecular weight excluding hydrogens is 284 g/mol. The van der Waals surface area contributed by atoms with Crippen LogP contribution in [-0.2, 0) is 6.42 Å². The number of amides is 1. The number of hydrogen-bond donors (Lipinski definition) is 3. The van der Waals surface area contributed by atoms with E-state index >= 15 is 0 Å². The zero-order valence-electron chi connectivity index (χ0n) is 13.1. The molecule has 0 fully saturated rings. The quantitative estimate of drug-likeness (QED) is 0.758. The fraction of sp³-hybridized carbons (Fsp3) is 0.500. The third-order valence-electron chi connectivity index (χ3n) is 3.02. The number of nitrogens with zero attached hydrogens (tertiary/aromatic N) is 3. The van der Waals surface area contributed by atoms with Gasteiger partial charge in [-0.1, -0.05) is 13.8 Å². The Morgan fingerprint density at radius 1 is 1.32 bits per heavy atom. The first-order valence-electron chi connectivity index (χ1n) is 7.15. The first-order valence-corrected chi connectivity index (χ1v) is 7.15. The minimum atomic E-state index is -0.435. The van der Waals surface area contributed by atoms with Crippen molar-refractivity contribution >= 4 is 5.91 Å². The Labute approximate surface area is 127 Å². The predicted molar refractivity (Wildman–Crippen MR) is 80.4 cm³/mol. The zero-order valence-corrected chi connectivity index (χ0v) is 13.1. The monoisotopic (exact) mass is 304 g/mol. The van der Waals surface area contributed by atoms with Crippen molar-refractivity contribution in [2.75, 3.05) is 0 Å². The van der Waals surface area contributed by atoms with Gasteiger partial charge in [0, 0.05) is 5.69 Å². The molecule has 3 N–H and O–H groups in total. The van der Waals surface area contributed by atoms with E-state index in [0.29, 0.717) is 23.3 Å². The van der Waals surface area contributed by atoms with Crippen LogP contribution in [0.1, 0.15) is 54.6 Å². The number of nitrogens with one attached hydrogen (secondary N) is 3. The first-order chi connectivity index (χ1) is 10.3. The van der Waals surface area contributed by atoms with Crippen LogP contribution in [0.25, 0.3) is 0 Å². The van der Waals surface area contributed by atoms with Gasteiger partial charge in [-0.3, -0.25) is 9.78 Å². The van der Waals surface area contributed by atoms with E-state index in [1.165, 1.54) is 0 Å². The van der Waals surface area contributed by atoms with Gasteiger partial charge >= 0.3 is 5.69 Å². The van der Waals surface area contributed by atoms with Crippen LogP contribution in [-0.4, -0.2) is 31.1 Å². The summed E-state index contributed by atoms with van der Waals surface area (Å²) in [5.41, 5.74) is 0.745. The van der Waals surface area contributed by atoms with E-state index in [0.717, 1.165) is 12.1 Å². The predicted octanol–water partition coefficient (Wildman–Crippen LogP) is 0.886. The molecule has 0 aliphatic rings. The Bertz CT molecular complexity index is 718. The highest BCUT2D eigenvalue weighted by Crippen LogP contribution is 2.10. The topological polar surface area (TPSA) is 116 Å². The molecule has 0 bridgehead atoms. The molecule has 8 nitrogen and oxygen atoms in total. The lowest BCUT2D eigenvalue weighted by Crippen LogP contribution is -2.29. The number of aryl methyl sites for hydroxylation is 1. The van der Waals surface area contributed by atoms with Crippen LogP contribution in [0, 0.1) is 12.8 Å². The lowest BCUT2D eigenvalue weighted by molar-refractivity contribution is 0.0932. The van der Waals surface area contributed by atoms with E-state index in [9.17, 15) is 9.59 Å². The highest BCUT2D eigenvalue weighted by atomic mass is 16.2. The van der Waals surface area contributed by atoms with Crippen LogP contribution in [0.3, 0.4) is 0 Å². The summed E-state index contributed by atoms with van der Waals surface area (Å²) >= 11 is 0. The van der Waals surface area contributed by atoms with Crippen LogP contribution in [0.2, 0.25) is 0 Å². The summed E-state index contributed by atoms with van der Waals surface area (Å²) in [6.45, 7) is 7.67. The summed E-state index contributed by atoms with van der Waals surface area (Å²) < 4.78 is 0. The van der Waals surface area contributed by atoms with E-state index in [1.807, 2.05) is 0 Å². The van der Waals surface area contributed by atoms with Crippen LogP contribution >= 0.6 is 0 Å². The van der Waals surface area contributed by atoms with E-state index in [2.05, 4.69) is 44.3 Å². The molecule has 0 aliphatic carbocycles. The Morgan fingerprint density at radius 3 is 2.64 bits per heavy atom. The van der Waals surface area contributed by atoms with E-state index in [-0.39, 0.29) is 5.91 Å². The van der Waals surface area contributed by atoms with Crippen molar-refractivity contribution in [3.63, 3.8) is 0 Å². The molecule has 2 aromatic heterocycles. The highest BCUT2D eigenvalue weighted by Gasteiger charge is 2.16. The van der Waals surface area contributed by atoms with Gasteiger partial charge in [-0.2, -0.15) is 5.10 Å². The Balaban J connectivity index is 2.15. The van der Waals surface area contributed by atoms with Crippen LogP contribution in [0.5, 0.6) is 0 Å². The van der Waals surface area contributed by atoms with Crippen molar-refractivity contribution in [3.8, 4) is 0 Å². The summed E-state index contributed by atoms with van der Waals surface area (Å²) in [5, 5.41) is 8.81. The molecule has 22 heavy (non-hydrogen) atoms. The molecule has 0 aliphatic heterocycles. The molecule has 2 heterocycles. The summed E-state index contributed by atoms with van der Waals surface area (Å²) in [7, 11) is 0. The fourth-order valence-electron chi connectivity index (χ4n) is 2.10. The Hall–Kier alpha value is -2.51. The smallest absolute Gasteiger partial charge is 0.340 e. The van der Waals surface area contributed by atoms with Gasteiger partial charge in [0.15, 0.2) is 5.82 Å². The maximum atomic E-state index is 12.3. The number of H-pyrrole nitrogens is 2. The van der Waals surface area contributed by atoms with Gasteiger partial charge < -0.3 is 5.32 Å². The molecular formula is C14H20N6O2. The van der Waals surface area contributed by atoms with Crippen LogP contribution < -0.4 is 11.0 Å². The molecule has 2 rings (SSSR count). The second-order valence-electron chi connectivity index (χ2n) is 5.65. The standard InChI is InChI=1S/C14H20N6O2/c1-7(2)5-10-6-11(17-9(4)16-10)13(21)15-8(3)12-18-14(22)20-19-12/h6-8H,5H2,1-4H3,(H,15,21)(H2,18,19,20,22)/t8-/m0/s1. The lowest BCUT2D eigenvalue weighted by atomic mass is 10.1. The van der Waals surface area contributed by atoms with Crippen molar-refractivity contribution in [1.29, 1.82) is 0 Å². The number of hydrogen-bond acceptors (Lipinski definition) is 5. The first kappa shape index (κ1) is 15.9. The summed E-state index contributed by atoms with van der Waals surface area (Å²) in [6, 6.07) is 1.26. The molecule has 0 unspecified atom stereocenters. The van der Waals surface area contributed by atoms with Gasteiger partial charge in [-0.05, 0) is 32.3 Å². The minimum Gasteiger partial charge on any atom is -0.341 e. The third-order valence-corrected chi connectivity index (χ3v) is 3.02. The zero-order chi connectivity index (χ0) is 16.3. The summed E-state index contributed by atoms with van der Waals surface area (Å²) in [6.07, 6.45) is 0.784. The van der Waals surface area contributed by atoms with Crippen molar-refractivity contribution < 1.29 is 4.79 Å². The van der Waals surface area contributed by atoms with E-state index in [4.69, 9.17) is 0 Å². The van der Waals surface area contributed by atoms with Gasteiger partial charge in [0.25, 0.3) is 5.91 Å². The Morgan fingerprint density at radius 2 is 2.05 bits per heavy atom. The van der Waals surface area contributed by atoms with E-state index < -0.39 is 11.7 Å². The molecule has 1 atom stereocenters. The van der Waals surface area contributed by atoms with Gasteiger partial charge in [0.05, 0.1) is 6.04 Å². The van der Waals surface area contributed by atoms with E-state index in [1.54, 1.807) is 19.9 Å². The third kappa shape index (κ3) is 4.00. The lowest BCUT2D eigenvalue weighted by Gasteiger charge is -2.12. The molecule has 0 radical (unpaired) electrons. The minimum absolute atomic E-state index is 0.313. The number of rotatable bonds is 5. The van der Waals surface area contributed by atoms with Gasteiger partial charge in [-0.25, -0.2) is 19.9 Å². The number of carbonyl (C=O) groups is 1. The maximum Gasteiger partial charge on any atom is 0.340 e. The summed E-state index contributed by atoms with van der Waals surface area (Å²) in [5.74, 6) is 1.04. The molecule has 2 aromatic rings. The molecule has 0 saturated heterocycles. The van der Waals surface area contributed by atoms with Crippen LogP contribution in [0.4, 0.5) is 0 Å². The second kappa shape index (κ2) is 6.50. The van der Waals surface area contributed by atoms with Crippen molar-refractivity contribution in [1.82, 2.24) is 30.5 Å². The van der Waals surface area contributed by atoms with Crippen molar-refractivity contribution in [3.05, 3.63) is 39.6 Å². The normalized spacial score (nSPS) is 12.4. The molecule has 0 saturated carbocycles. The average molecular weight is 304 g/mol. The number of carbonyl (C=O) groups excluding carboxylic acids is 1. The maximum absolute atomic E-state index is 12.3. The highest BCUT2D eigenvalue weighted by molar-refractivity contribution is 5.92.